The fourth-order valence-corrected chi connectivity index (χ4v) is 4.22. The molecule has 10 heteroatoms. The van der Waals surface area contributed by atoms with E-state index in [1.54, 1.807) is 42.5 Å². The lowest BCUT2D eigenvalue weighted by atomic mass is 10.1. The number of aromatic nitrogens is 4. The van der Waals surface area contributed by atoms with Gasteiger partial charge in [0, 0.05) is 29.9 Å². The fourth-order valence-electron chi connectivity index (χ4n) is 4.22. The normalized spacial score (nSPS) is 17.4. The van der Waals surface area contributed by atoms with Crippen molar-refractivity contribution >= 4 is 11.3 Å². The highest BCUT2D eigenvalue weighted by Crippen LogP contribution is 2.32. The summed E-state index contributed by atoms with van der Waals surface area (Å²) >= 11 is 0. The molecule has 1 aliphatic rings. The molecule has 4 aromatic heterocycles. The zero-order chi connectivity index (χ0) is 24.4. The molecule has 0 amide bonds. The molecule has 5 rings (SSSR count). The molecule has 2 N–H and O–H groups in total. The Kier molecular flexibility index (Phi) is 6.08. The van der Waals surface area contributed by atoms with Gasteiger partial charge in [-0.15, -0.1) is 0 Å². The third-order valence-electron chi connectivity index (χ3n) is 5.92. The zero-order valence-electron chi connectivity index (χ0n) is 19.5. The molecular formula is C25H25N7O3. The molecule has 0 saturated carbocycles. The molecule has 0 bridgehead atoms. The highest BCUT2D eigenvalue weighted by molar-refractivity contribution is 5.85. The Hall–Kier alpha value is -4.36. The third-order valence-corrected chi connectivity index (χ3v) is 5.92. The predicted octanol–water partition coefficient (Wildman–Crippen LogP) is 2.67. The van der Waals surface area contributed by atoms with Gasteiger partial charge in [-0.2, -0.15) is 10.4 Å². The summed E-state index contributed by atoms with van der Waals surface area (Å²) in [4.78, 5) is 11.0. The van der Waals surface area contributed by atoms with Crippen LogP contribution in [0.1, 0.15) is 12.5 Å². The number of ether oxygens (including phenoxy) is 3. The maximum Gasteiger partial charge on any atom is 0.213 e. The standard InChI is InChI=1S/C25H25N7O3/c1-3-34-19-8-20(25-17(9-26)11-30-32(25)13-19)16-4-6-23(28-10-16)31-14-21(27)22(15-31)35-18-5-7-24(33-2)29-12-18/h4-8,10-13,21-22H,3,14-15,27H2,1-2H3/t21-,22-/m1/s1. The molecule has 0 spiro atoms. The average molecular weight is 472 g/mol. The van der Waals surface area contributed by atoms with Gasteiger partial charge < -0.3 is 24.8 Å². The summed E-state index contributed by atoms with van der Waals surface area (Å²) in [6.07, 6.45) is 6.56. The number of anilines is 1. The molecule has 5 heterocycles. The maximum atomic E-state index is 9.55. The summed E-state index contributed by atoms with van der Waals surface area (Å²) in [5.74, 6) is 2.64. The van der Waals surface area contributed by atoms with Crippen LogP contribution in [0.25, 0.3) is 16.6 Å². The average Bonchev–Trinajstić information content (AvgIpc) is 3.47. The second-order valence-corrected chi connectivity index (χ2v) is 8.15. The molecule has 10 nitrogen and oxygen atoms in total. The molecule has 0 aliphatic carbocycles. The minimum Gasteiger partial charge on any atom is -0.492 e. The van der Waals surface area contributed by atoms with Gasteiger partial charge in [-0.3, -0.25) is 0 Å². The Morgan fingerprint density at radius 3 is 2.69 bits per heavy atom. The molecule has 35 heavy (non-hydrogen) atoms. The number of rotatable bonds is 7. The van der Waals surface area contributed by atoms with Crippen molar-refractivity contribution in [1.29, 1.82) is 5.26 Å². The number of nitriles is 1. The fraction of sp³-hybridized carbons (Fsp3) is 0.280. The number of hydrogen-bond donors (Lipinski definition) is 1. The van der Waals surface area contributed by atoms with Crippen molar-refractivity contribution < 1.29 is 14.2 Å². The Balaban J connectivity index is 1.37. The molecule has 0 radical (unpaired) electrons. The molecule has 0 aromatic carbocycles. The van der Waals surface area contributed by atoms with Gasteiger partial charge in [0.1, 0.15) is 29.5 Å². The van der Waals surface area contributed by atoms with E-state index >= 15 is 0 Å². The topological polar surface area (TPSA) is 124 Å². The first-order valence-corrected chi connectivity index (χ1v) is 11.3. The molecule has 1 aliphatic heterocycles. The molecular weight excluding hydrogens is 446 g/mol. The van der Waals surface area contributed by atoms with Gasteiger partial charge in [0.25, 0.3) is 0 Å². The van der Waals surface area contributed by atoms with Crippen LogP contribution in [0.4, 0.5) is 5.82 Å². The number of nitrogens with zero attached hydrogens (tertiary/aromatic N) is 6. The van der Waals surface area contributed by atoms with Gasteiger partial charge in [0.05, 0.1) is 56.0 Å². The first-order chi connectivity index (χ1) is 17.1. The Morgan fingerprint density at radius 1 is 1.11 bits per heavy atom. The summed E-state index contributed by atoms with van der Waals surface area (Å²) < 4.78 is 18.5. The molecule has 2 atom stereocenters. The van der Waals surface area contributed by atoms with Gasteiger partial charge >= 0.3 is 0 Å². The van der Waals surface area contributed by atoms with Crippen molar-refractivity contribution in [1.82, 2.24) is 19.6 Å². The van der Waals surface area contributed by atoms with E-state index in [1.165, 1.54) is 0 Å². The van der Waals surface area contributed by atoms with Crippen LogP contribution in [-0.2, 0) is 0 Å². The van der Waals surface area contributed by atoms with Crippen molar-refractivity contribution in [2.75, 3.05) is 31.7 Å². The summed E-state index contributed by atoms with van der Waals surface area (Å²) in [6.45, 7) is 3.67. The van der Waals surface area contributed by atoms with Gasteiger partial charge in [0.15, 0.2) is 0 Å². The van der Waals surface area contributed by atoms with Crippen molar-refractivity contribution in [2.45, 2.75) is 19.1 Å². The molecule has 4 aromatic rings. The number of methoxy groups -OCH3 is 1. The molecule has 1 fully saturated rings. The van der Waals surface area contributed by atoms with Gasteiger partial charge in [-0.1, -0.05) is 0 Å². The van der Waals surface area contributed by atoms with Crippen LogP contribution >= 0.6 is 0 Å². The van der Waals surface area contributed by atoms with Gasteiger partial charge in [-0.25, -0.2) is 14.5 Å². The number of nitrogens with two attached hydrogens (primary N) is 1. The van der Waals surface area contributed by atoms with Crippen LogP contribution < -0.4 is 24.8 Å². The van der Waals surface area contributed by atoms with E-state index in [2.05, 4.69) is 21.1 Å². The monoisotopic (exact) mass is 471 g/mol. The smallest absolute Gasteiger partial charge is 0.213 e. The summed E-state index contributed by atoms with van der Waals surface area (Å²) in [5, 5.41) is 13.9. The van der Waals surface area contributed by atoms with Crippen LogP contribution in [-0.4, -0.2) is 58.5 Å². The van der Waals surface area contributed by atoms with Crippen molar-refractivity contribution in [3.05, 3.63) is 60.7 Å². The van der Waals surface area contributed by atoms with Crippen molar-refractivity contribution in [3.63, 3.8) is 0 Å². The molecule has 178 valence electrons. The second-order valence-electron chi connectivity index (χ2n) is 8.15. The van der Waals surface area contributed by atoms with E-state index < -0.39 is 0 Å². The number of fused-ring (bicyclic) bond motifs is 1. The summed E-state index contributed by atoms with van der Waals surface area (Å²) in [6, 6.07) is 11.5. The SMILES string of the molecule is CCOc1cc(-c2ccc(N3C[C@@H](N)[C@H](Oc4ccc(OC)nc4)C3)nc2)c2c(C#N)cnn2c1. The third kappa shape index (κ3) is 4.41. The Labute approximate surface area is 202 Å². The van der Waals surface area contributed by atoms with Gasteiger partial charge in [0.2, 0.25) is 5.88 Å². The summed E-state index contributed by atoms with van der Waals surface area (Å²) in [5.41, 5.74) is 9.26. The van der Waals surface area contributed by atoms with Crippen LogP contribution in [0, 0.1) is 11.3 Å². The van der Waals surface area contributed by atoms with E-state index in [4.69, 9.17) is 24.9 Å². The number of hydrogen-bond acceptors (Lipinski definition) is 9. The minimum absolute atomic E-state index is 0.175. The maximum absolute atomic E-state index is 9.55. The van der Waals surface area contributed by atoms with Gasteiger partial charge in [-0.05, 0) is 31.2 Å². The first-order valence-electron chi connectivity index (χ1n) is 11.3. The predicted molar refractivity (Wildman–Crippen MR) is 130 cm³/mol. The van der Waals surface area contributed by atoms with Crippen LogP contribution in [0.3, 0.4) is 0 Å². The van der Waals surface area contributed by atoms with E-state index in [9.17, 15) is 5.26 Å². The lowest BCUT2D eigenvalue weighted by Crippen LogP contribution is -2.37. The largest absolute Gasteiger partial charge is 0.492 e. The zero-order valence-corrected chi connectivity index (χ0v) is 19.5. The minimum atomic E-state index is -0.195. The van der Waals surface area contributed by atoms with Crippen LogP contribution in [0.2, 0.25) is 0 Å². The van der Waals surface area contributed by atoms with Crippen LogP contribution in [0.5, 0.6) is 17.4 Å². The lowest BCUT2D eigenvalue weighted by Gasteiger charge is -2.18. The Morgan fingerprint density at radius 2 is 2.00 bits per heavy atom. The van der Waals surface area contributed by atoms with E-state index in [-0.39, 0.29) is 12.1 Å². The molecule has 1 saturated heterocycles. The second kappa shape index (κ2) is 9.48. The van der Waals surface area contributed by atoms with E-state index in [0.717, 1.165) is 22.5 Å². The van der Waals surface area contributed by atoms with Crippen molar-refractivity contribution in [2.24, 2.45) is 5.73 Å². The highest BCUT2D eigenvalue weighted by atomic mass is 16.5. The molecule has 0 unspecified atom stereocenters. The van der Waals surface area contributed by atoms with E-state index in [1.807, 2.05) is 31.2 Å². The summed E-state index contributed by atoms with van der Waals surface area (Å²) in [7, 11) is 1.57. The quantitative estimate of drug-likeness (QED) is 0.433. The number of pyridine rings is 3. The first kappa shape index (κ1) is 22.4. The lowest BCUT2D eigenvalue weighted by molar-refractivity contribution is 0.205. The Bertz CT molecular complexity index is 1360. The highest BCUT2D eigenvalue weighted by Gasteiger charge is 2.32. The van der Waals surface area contributed by atoms with Crippen molar-refractivity contribution in [3.8, 4) is 34.6 Å². The van der Waals surface area contributed by atoms with Crippen LogP contribution in [0.15, 0.2) is 55.1 Å². The van der Waals surface area contributed by atoms with E-state index in [0.29, 0.717) is 42.6 Å².